The molecule has 1 fully saturated rings. The Bertz CT molecular complexity index is 535. The van der Waals surface area contributed by atoms with E-state index in [1.807, 2.05) is 19.9 Å². The summed E-state index contributed by atoms with van der Waals surface area (Å²) >= 11 is 0. The fraction of sp³-hybridized carbons (Fsp3) is 0.727. The minimum absolute atomic E-state index is 0.0814. The van der Waals surface area contributed by atoms with Crippen LogP contribution in [0.3, 0.4) is 0 Å². The maximum Gasteiger partial charge on any atom is 0.327 e. The van der Waals surface area contributed by atoms with Crippen molar-refractivity contribution < 1.29 is 24.9 Å². The number of rotatable bonds is 12. The summed E-state index contributed by atoms with van der Waals surface area (Å²) in [5.74, 6) is -1.33. The zero-order chi connectivity index (χ0) is 20.4. The first-order valence-electron chi connectivity index (χ1n) is 10.2. The van der Waals surface area contributed by atoms with E-state index in [1.54, 1.807) is 12.2 Å². The summed E-state index contributed by atoms with van der Waals surface area (Å²) in [5.41, 5.74) is -0.230. The number of aliphatic carboxylic acids is 1. The molecule has 0 aromatic carbocycles. The van der Waals surface area contributed by atoms with Gasteiger partial charge in [0.15, 0.2) is 0 Å². The van der Waals surface area contributed by atoms with Crippen LogP contribution in [-0.4, -0.2) is 39.3 Å². The number of hydrogen-bond donors (Lipinski definition) is 3. The van der Waals surface area contributed by atoms with E-state index in [0.29, 0.717) is 12.8 Å². The van der Waals surface area contributed by atoms with Gasteiger partial charge in [-0.25, -0.2) is 4.79 Å². The summed E-state index contributed by atoms with van der Waals surface area (Å²) in [6, 6.07) is 0. The van der Waals surface area contributed by atoms with Crippen molar-refractivity contribution in [3.8, 4) is 0 Å². The minimum Gasteiger partial charge on any atom is -0.478 e. The highest BCUT2D eigenvalue weighted by molar-refractivity contribution is 5.84. The van der Waals surface area contributed by atoms with E-state index in [4.69, 9.17) is 5.11 Å². The predicted molar refractivity (Wildman–Crippen MR) is 106 cm³/mol. The van der Waals surface area contributed by atoms with Gasteiger partial charge in [0, 0.05) is 24.3 Å². The van der Waals surface area contributed by atoms with Gasteiger partial charge in [-0.05, 0) is 31.1 Å². The van der Waals surface area contributed by atoms with Gasteiger partial charge in [-0.1, -0.05) is 58.3 Å². The first-order valence-corrected chi connectivity index (χ1v) is 10.2. The van der Waals surface area contributed by atoms with Gasteiger partial charge in [0.05, 0.1) is 12.2 Å². The Morgan fingerprint density at radius 3 is 2.63 bits per heavy atom. The molecular formula is C22H36O5. The number of carbonyl (C=O) groups is 2. The average Bonchev–Trinajstić information content (AvgIpc) is 2.86. The van der Waals surface area contributed by atoms with Crippen molar-refractivity contribution in [2.24, 2.45) is 17.3 Å². The molecule has 27 heavy (non-hydrogen) atoms. The molecule has 5 nitrogen and oxygen atoms in total. The lowest BCUT2D eigenvalue weighted by molar-refractivity contribution is -0.131. The van der Waals surface area contributed by atoms with Crippen molar-refractivity contribution in [2.45, 2.75) is 84.3 Å². The molecule has 0 saturated heterocycles. The van der Waals surface area contributed by atoms with Crippen molar-refractivity contribution in [2.75, 3.05) is 0 Å². The van der Waals surface area contributed by atoms with Gasteiger partial charge in [0.25, 0.3) is 0 Å². The fourth-order valence-electron chi connectivity index (χ4n) is 3.68. The molecule has 0 heterocycles. The van der Waals surface area contributed by atoms with Crippen LogP contribution < -0.4 is 0 Å². The van der Waals surface area contributed by atoms with E-state index < -0.39 is 18.2 Å². The first-order chi connectivity index (χ1) is 12.7. The van der Waals surface area contributed by atoms with Crippen LogP contribution in [-0.2, 0) is 9.59 Å². The highest BCUT2D eigenvalue weighted by Gasteiger charge is 2.39. The van der Waals surface area contributed by atoms with E-state index in [-0.39, 0.29) is 29.5 Å². The third-order valence-corrected chi connectivity index (χ3v) is 5.62. The quantitative estimate of drug-likeness (QED) is 0.271. The van der Waals surface area contributed by atoms with Gasteiger partial charge in [-0.15, -0.1) is 0 Å². The van der Waals surface area contributed by atoms with Gasteiger partial charge in [-0.2, -0.15) is 0 Å². The zero-order valence-electron chi connectivity index (χ0n) is 16.9. The number of aliphatic hydroxyl groups is 2. The van der Waals surface area contributed by atoms with E-state index >= 15 is 0 Å². The summed E-state index contributed by atoms with van der Waals surface area (Å²) in [7, 11) is 0. The second-order valence-corrected chi connectivity index (χ2v) is 8.37. The molecule has 5 heteroatoms. The van der Waals surface area contributed by atoms with Crippen LogP contribution in [0.5, 0.6) is 0 Å². The van der Waals surface area contributed by atoms with Gasteiger partial charge >= 0.3 is 5.97 Å². The van der Waals surface area contributed by atoms with Crippen LogP contribution in [0.15, 0.2) is 24.3 Å². The molecule has 0 aromatic rings. The highest BCUT2D eigenvalue weighted by Crippen LogP contribution is 2.35. The maximum atomic E-state index is 12.2. The topological polar surface area (TPSA) is 94.8 Å². The number of carbonyl (C=O) groups excluding carboxylic acids is 1. The summed E-state index contributed by atoms with van der Waals surface area (Å²) < 4.78 is 0. The van der Waals surface area contributed by atoms with Crippen molar-refractivity contribution in [3.05, 3.63) is 24.3 Å². The van der Waals surface area contributed by atoms with E-state index in [1.165, 1.54) is 0 Å². The molecule has 1 aliphatic carbocycles. The van der Waals surface area contributed by atoms with Gasteiger partial charge in [0.2, 0.25) is 0 Å². The smallest absolute Gasteiger partial charge is 0.327 e. The normalized spacial score (nSPS) is 24.9. The number of carboxylic acids is 1. The minimum atomic E-state index is -0.949. The lowest BCUT2D eigenvalue weighted by Crippen LogP contribution is -2.28. The Morgan fingerprint density at radius 2 is 2.00 bits per heavy atom. The van der Waals surface area contributed by atoms with Crippen LogP contribution in [0.4, 0.5) is 0 Å². The number of aliphatic hydroxyl groups excluding tert-OH is 2. The number of allylic oxidation sites excluding steroid dienone is 1. The fourth-order valence-corrected chi connectivity index (χ4v) is 3.68. The second-order valence-electron chi connectivity index (χ2n) is 8.37. The molecule has 0 amide bonds. The zero-order valence-corrected chi connectivity index (χ0v) is 16.9. The SMILES string of the molecule is CCCCC(C)(C)C(O)C=C[C@H]1[C@H](O)CC(=O)[C@@H]1CCCCC=CC(=O)O. The molecule has 154 valence electrons. The monoisotopic (exact) mass is 380 g/mol. The first kappa shape index (κ1) is 23.6. The van der Waals surface area contributed by atoms with E-state index in [0.717, 1.165) is 38.2 Å². The van der Waals surface area contributed by atoms with Crippen molar-refractivity contribution in [3.63, 3.8) is 0 Å². The number of carboxylic acid groups (broad SMARTS) is 1. The lowest BCUT2D eigenvalue weighted by Gasteiger charge is -2.29. The predicted octanol–water partition coefficient (Wildman–Crippen LogP) is 3.89. The molecule has 3 N–H and O–H groups in total. The summed E-state index contributed by atoms with van der Waals surface area (Å²) in [5, 5.41) is 29.3. The summed E-state index contributed by atoms with van der Waals surface area (Å²) in [4.78, 5) is 22.7. The van der Waals surface area contributed by atoms with Gasteiger partial charge in [0.1, 0.15) is 5.78 Å². The molecule has 4 atom stereocenters. The number of hydrogen-bond acceptors (Lipinski definition) is 4. The molecule has 0 aromatic heterocycles. The largest absolute Gasteiger partial charge is 0.478 e. The van der Waals surface area contributed by atoms with Crippen molar-refractivity contribution >= 4 is 11.8 Å². The van der Waals surface area contributed by atoms with E-state index in [9.17, 15) is 19.8 Å². The molecule has 0 spiro atoms. The Morgan fingerprint density at radius 1 is 1.30 bits per heavy atom. The molecule has 1 unspecified atom stereocenters. The second kappa shape index (κ2) is 11.4. The molecular weight excluding hydrogens is 344 g/mol. The molecule has 1 saturated carbocycles. The van der Waals surface area contributed by atoms with Gasteiger partial charge in [-0.3, -0.25) is 4.79 Å². The lowest BCUT2D eigenvalue weighted by atomic mass is 9.80. The molecule has 1 aliphatic rings. The summed E-state index contributed by atoms with van der Waals surface area (Å²) in [6.45, 7) is 6.20. The van der Waals surface area contributed by atoms with Crippen LogP contribution in [0.2, 0.25) is 0 Å². The van der Waals surface area contributed by atoms with Crippen LogP contribution in [0.1, 0.15) is 72.1 Å². The molecule has 0 aliphatic heterocycles. The van der Waals surface area contributed by atoms with E-state index in [2.05, 4.69) is 6.92 Å². The Balaban J connectivity index is 2.60. The van der Waals surface area contributed by atoms with Crippen molar-refractivity contribution in [1.82, 2.24) is 0 Å². The van der Waals surface area contributed by atoms with Gasteiger partial charge < -0.3 is 15.3 Å². The molecule has 0 bridgehead atoms. The third kappa shape index (κ3) is 7.97. The summed E-state index contributed by atoms with van der Waals surface area (Å²) in [6.07, 6.45) is 11.3. The number of unbranched alkanes of at least 4 members (excludes halogenated alkanes) is 3. The van der Waals surface area contributed by atoms with Crippen LogP contribution in [0, 0.1) is 17.3 Å². The molecule has 1 rings (SSSR count). The van der Waals surface area contributed by atoms with Crippen LogP contribution in [0.25, 0.3) is 0 Å². The Labute approximate surface area is 163 Å². The van der Waals surface area contributed by atoms with Crippen molar-refractivity contribution in [1.29, 1.82) is 0 Å². The molecule has 0 radical (unpaired) electrons. The highest BCUT2D eigenvalue weighted by atomic mass is 16.4. The number of Topliss-reactive ketones (excluding diaryl/α,β-unsaturated/α-hetero) is 1. The average molecular weight is 381 g/mol. The third-order valence-electron chi connectivity index (χ3n) is 5.62. The standard InChI is InChI=1S/C22H36O5/c1-4-5-14-22(2,3)20(25)13-12-17-16(18(23)15-19(17)24)10-8-6-7-9-11-21(26)27/h9,11-13,16-17,19-20,24-25H,4-8,10,14-15H2,1-3H3,(H,26,27)/t16-,17-,19-,20?/m1/s1. The number of ketones is 1. The Kier molecular flexibility index (Phi) is 9.95. The Hall–Kier alpha value is -1.46. The van der Waals surface area contributed by atoms with Crippen LogP contribution >= 0.6 is 0 Å². The maximum absolute atomic E-state index is 12.2.